The lowest BCUT2D eigenvalue weighted by molar-refractivity contribution is -0.140. The molecule has 2 aromatic rings. The molecule has 1 amide bonds. The number of halogens is 1. The molecule has 0 saturated carbocycles. The molecule has 4 rings (SSSR count). The second-order valence-corrected chi connectivity index (χ2v) is 8.37. The van der Waals surface area contributed by atoms with Crippen LogP contribution in [0.1, 0.15) is 30.5 Å². The number of hydrogen-bond acceptors (Lipinski definition) is 6. The predicted molar refractivity (Wildman–Crippen MR) is 125 cm³/mol. The number of aliphatic hydroxyl groups excluding tert-OH is 1. The van der Waals surface area contributed by atoms with Crippen molar-refractivity contribution in [1.29, 1.82) is 0 Å². The molecule has 2 fully saturated rings. The quantitative estimate of drug-likeness (QED) is 0.364. The lowest BCUT2D eigenvalue weighted by Crippen LogP contribution is -2.42. The Hall–Kier alpha value is -3.23. The van der Waals surface area contributed by atoms with E-state index in [1.807, 2.05) is 6.92 Å². The average Bonchev–Trinajstić information content (AvgIpc) is 3.12. The lowest BCUT2D eigenvalue weighted by atomic mass is 9.95. The molecule has 0 aliphatic carbocycles. The number of morpholine rings is 1. The monoisotopic (exact) mass is 468 g/mol. The van der Waals surface area contributed by atoms with E-state index in [0.717, 1.165) is 19.5 Å². The summed E-state index contributed by atoms with van der Waals surface area (Å²) in [5.74, 6) is -1.45. The summed E-state index contributed by atoms with van der Waals surface area (Å²) in [6.45, 7) is 6.19. The Morgan fingerprint density at radius 1 is 1.06 bits per heavy atom. The van der Waals surface area contributed by atoms with Gasteiger partial charge in [0.05, 0.1) is 31.4 Å². The maximum absolute atomic E-state index is 13.6. The maximum atomic E-state index is 13.6. The third kappa shape index (κ3) is 5.13. The fraction of sp³-hybridized carbons (Fsp3) is 0.385. The molecule has 1 unspecified atom stereocenters. The van der Waals surface area contributed by atoms with E-state index in [2.05, 4.69) is 4.90 Å². The minimum absolute atomic E-state index is 0.000752. The highest BCUT2D eigenvalue weighted by Gasteiger charge is 2.46. The molecule has 0 aromatic heterocycles. The van der Waals surface area contributed by atoms with Gasteiger partial charge in [0.2, 0.25) is 0 Å². The van der Waals surface area contributed by atoms with Crippen LogP contribution in [0, 0.1) is 5.82 Å². The zero-order valence-corrected chi connectivity index (χ0v) is 19.2. The van der Waals surface area contributed by atoms with Crippen LogP contribution in [-0.4, -0.2) is 72.6 Å². The lowest BCUT2D eigenvalue weighted by Gasteiger charge is -2.31. The normalized spacial score (nSPS) is 20.6. The molecule has 0 spiro atoms. The number of nitrogens with zero attached hydrogens (tertiary/aromatic N) is 2. The largest absolute Gasteiger partial charge is 0.507 e. The van der Waals surface area contributed by atoms with Crippen LogP contribution in [0.15, 0.2) is 54.1 Å². The van der Waals surface area contributed by atoms with E-state index in [0.29, 0.717) is 49.8 Å². The van der Waals surface area contributed by atoms with Crippen molar-refractivity contribution in [2.24, 2.45) is 0 Å². The minimum Gasteiger partial charge on any atom is -0.507 e. The molecule has 2 aromatic carbocycles. The van der Waals surface area contributed by atoms with Gasteiger partial charge in [0.1, 0.15) is 17.3 Å². The molecule has 2 saturated heterocycles. The summed E-state index contributed by atoms with van der Waals surface area (Å²) in [6, 6.07) is 11.6. The minimum atomic E-state index is -0.808. The fourth-order valence-corrected chi connectivity index (χ4v) is 4.26. The first kappa shape index (κ1) is 23.9. The van der Waals surface area contributed by atoms with E-state index < -0.39 is 23.5 Å². The van der Waals surface area contributed by atoms with Crippen LogP contribution >= 0.6 is 0 Å². The smallest absolute Gasteiger partial charge is 0.295 e. The van der Waals surface area contributed by atoms with Gasteiger partial charge in [-0.1, -0.05) is 19.1 Å². The predicted octanol–water partition coefficient (Wildman–Crippen LogP) is 3.37. The van der Waals surface area contributed by atoms with Crippen LogP contribution in [-0.2, 0) is 14.3 Å². The van der Waals surface area contributed by atoms with Crippen molar-refractivity contribution in [1.82, 2.24) is 9.80 Å². The van der Waals surface area contributed by atoms with E-state index in [1.165, 1.54) is 17.0 Å². The zero-order chi connectivity index (χ0) is 24.1. The Balaban J connectivity index is 1.67. The topological polar surface area (TPSA) is 79.3 Å². The number of carbonyl (C=O) groups is 2. The van der Waals surface area contributed by atoms with Gasteiger partial charge in [-0.05, 0) is 48.4 Å². The van der Waals surface area contributed by atoms with E-state index in [1.54, 1.807) is 36.4 Å². The number of rotatable bonds is 8. The fourth-order valence-electron chi connectivity index (χ4n) is 4.26. The van der Waals surface area contributed by atoms with E-state index >= 15 is 0 Å². The molecule has 2 aliphatic heterocycles. The zero-order valence-electron chi connectivity index (χ0n) is 19.2. The van der Waals surface area contributed by atoms with Crippen LogP contribution < -0.4 is 4.74 Å². The van der Waals surface area contributed by atoms with Gasteiger partial charge in [0.15, 0.2) is 0 Å². The van der Waals surface area contributed by atoms with Crippen LogP contribution in [0.4, 0.5) is 4.39 Å². The van der Waals surface area contributed by atoms with Gasteiger partial charge in [0, 0.05) is 31.7 Å². The summed E-state index contributed by atoms with van der Waals surface area (Å²) < 4.78 is 24.6. The molecule has 7 nitrogen and oxygen atoms in total. The summed E-state index contributed by atoms with van der Waals surface area (Å²) in [6.07, 6.45) is 0.868. The first-order valence-electron chi connectivity index (χ1n) is 11.6. The Morgan fingerprint density at radius 3 is 2.38 bits per heavy atom. The number of amides is 1. The van der Waals surface area contributed by atoms with Gasteiger partial charge < -0.3 is 19.5 Å². The van der Waals surface area contributed by atoms with Crippen LogP contribution in [0.25, 0.3) is 5.76 Å². The van der Waals surface area contributed by atoms with E-state index in [9.17, 15) is 19.1 Å². The van der Waals surface area contributed by atoms with Gasteiger partial charge in [0.25, 0.3) is 11.7 Å². The number of Topliss-reactive ketones (excluding diaryl/α,β-unsaturated/α-hetero) is 1. The molecule has 1 atom stereocenters. The molecule has 2 aliphatic rings. The number of aliphatic hydroxyl groups is 1. The molecule has 1 N–H and O–H groups in total. The number of ether oxygens (including phenoxy) is 2. The highest BCUT2D eigenvalue weighted by atomic mass is 19.1. The highest BCUT2D eigenvalue weighted by Crippen LogP contribution is 2.39. The van der Waals surface area contributed by atoms with E-state index in [-0.39, 0.29) is 11.3 Å². The summed E-state index contributed by atoms with van der Waals surface area (Å²) in [4.78, 5) is 29.8. The number of ketones is 1. The van der Waals surface area contributed by atoms with Crippen molar-refractivity contribution < 1.29 is 28.6 Å². The number of benzene rings is 2. The molecular formula is C26H29FN2O5. The molecular weight excluding hydrogens is 439 g/mol. The summed E-state index contributed by atoms with van der Waals surface area (Å²) in [5.41, 5.74) is 0.968. The van der Waals surface area contributed by atoms with Gasteiger partial charge in [-0.3, -0.25) is 14.5 Å². The number of likely N-dealkylation sites (tertiary alicyclic amines) is 1. The van der Waals surface area contributed by atoms with Crippen molar-refractivity contribution in [3.8, 4) is 5.75 Å². The number of carbonyl (C=O) groups excluding carboxylic acids is 2. The van der Waals surface area contributed by atoms with Gasteiger partial charge in [-0.25, -0.2) is 4.39 Å². The second-order valence-electron chi connectivity index (χ2n) is 8.37. The maximum Gasteiger partial charge on any atom is 0.295 e. The Labute approximate surface area is 198 Å². The number of hydrogen-bond donors (Lipinski definition) is 1. The SMILES string of the molecule is CCCOc1ccc(/C(O)=C2\C(=O)C(=O)N(CCN3CCOCC3)C2c2ccc(F)cc2)cc1. The first-order valence-corrected chi connectivity index (χ1v) is 11.6. The van der Waals surface area contributed by atoms with Crippen molar-refractivity contribution in [3.05, 3.63) is 71.0 Å². The Morgan fingerprint density at radius 2 is 1.74 bits per heavy atom. The molecule has 180 valence electrons. The van der Waals surface area contributed by atoms with Crippen LogP contribution in [0.3, 0.4) is 0 Å². The molecule has 2 heterocycles. The van der Waals surface area contributed by atoms with Crippen molar-refractivity contribution in [2.45, 2.75) is 19.4 Å². The average molecular weight is 469 g/mol. The highest BCUT2D eigenvalue weighted by molar-refractivity contribution is 6.46. The van der Waals surface area contributed by atoms with Gasteiger partial charge >= 0.3 is 0 Å². The molecule has 8 heteroatoms. The summed E-state index contributed by atoms with van der Waals surface area (Å²) in [5, 5.41) is 11.1. The summed E-state index contributed by atoms with van der Waals surface area (Å²) >= 11 is 0. The Kier molecular flexibility index (Phi) is 7.59. The van der Waals surface area contributed by atoms with Crippen LogP contribution in [0.5, 0.6) is 5.75 Å². The standard InChI is InChI=1S/C26H29FN2O5/c1-2-15-34-21-9-5-19(6-10-21)24(30)22-23(18-3-7-20(27)8-4-18)29(26(32)25(22)31)12-11-28-13-16-33-17-14-28/h3-10,23,30H,2,11-17H2,1H3/b24-22+. The van der Waals surface area contributed by atoms with Crippen LogP contribution in [0.2, 0.25) is 0 Å². The Bertz CT molecular complexity index is 1050. The van der Waals surface area contributed by atoms with Gasteiger partial charge in [-0.15, -0.1) is 0 Å². The second kappa shape index (κ2) is 10.8. The van der Waals surface area contributed by atoms with E-state index in [4.69, 9.17) is 9.47 Å². The molecule has 34 heavy (non-hydrogen) atoms. The van der Waals surface area contributed by atoms with Crippen molar-refractivity contribution >= 4 is 17.4 Å². The van der Waals surface area contributed by atoms with Crippen molar-refractivity contribution in [3.63, 3.8) is 0 Å². The molecule has 0 radical (unpaired) electrons. The summed E-state index contributed by atoms with van der Waals surface area (Å²) in [7, 11) is 0. The first-order chi connectivity index (χ1) is 16.5. The van der Waals surface area contributed by atoms with Gasteiger partial charge in [-0.2, -0.15) is 0 Å². The van der Waals surface area contributed by atoms with Crippen molar-refractivity contribution in [2.75, 3.05) is 46.0 Å². The third-order valence-electron chi connectivity index (χ3n) is 6.09. The third-order valence-corrected chi connectivity index (χ3v) is 6.09. The molecule has 0 bridgehead atoms.